The van der Waals surface area contributed by atoms with E-state index < -0.39 is 10.0 Å². The Labute approximate surface area is 165 Å². The number of hydrogen-bond donors (Lipinski definition) is 1. The summed E-state index contributed by atoms with van der Waals surface area (Å²) in [5.74, 6) is 0.442. The van der Waals surface area contributed by atoms with Crippen molar-refractivity contribution in [3.05, 3.63) is 66.4 Å². The molecule has 8 heteroatoms. The molecule has 1 N–H and O–H groups in total. The van der Waals surface area contributed by atoms with E-state index in [2.05, 4.69) is 15.2 Å². The Morgan fingerprint density at radius 2 is 1.75 bits per heavy atom. The third-order valence-corrected chi connectivity index (χ3v) is 6.36. The molecule has 0 bridgehead atoms. The van der Waals surface area contributed by atoms with Gasteiger partial charge in [-0.3, -0.25) is 4.79 Å². The zero-order valence-electron chi connectivity index (χ0n) is 15.6. The second-order valence-electron chi connectivity index (χ2n) is 6.43. The van der Waals surface area contributed by atoms with Crippen LogP contribution in [0.2, 0.25) is 0 Å². The van der Waals surface area contributed by atoms with Gasteiger partial charge in [0.2, 0.25) is 15.9 Å². The topological polar surface area (TPSA) is 82.6 Å². The molecule has 148 valence electrons. The summed E-state index contributed by atoms with van der Waals surface area (Å²) in [6.45, 7) is 2.12. The van der Waals surface area contributed by atoms with Crippen molar-refractivity contribution in [2.45, 2.75) is 0 Å². The van der Waals surface area contributed by atoms with Crippen molar-refractivity contribution in [1.29, 1.82) is 0 Å². The van der Waals surface area contributed by atoms with Gasteiger partial charge in [0.1, 0.15) is 5.82 Å². The fourth-order valence-electron chi connectivity index (χ4n) is 2.96. The number of amides is 1. The van der Waals surface area contributed by atoms with E-state index in [-0.39, 0.29) is 18.2 Å². The molecule has 0 spiro atoms. The fraction of sp³-hybridized carbons (Fsp3) is 0.300. The molecule has 1 aromatic heterocycles. The molecule has 1 amide bonds. The molecule has 0 aliphatic carbocycles. The summed E-state index contributed by atoms with van der Waals surface area (Å²) in [6, 6.07) is 15.1. The normalized spacial score (nSPS) is 15.6. The number of piperazine rings is 1. The molecule has 0 saturated carbocycles. The van der Waals surface area contributed by atoms with Gasteiger partial charge in [-0.1, -0.05) is 36.4 Å². The minimum atomic E-state index is -3.40. The number of carbonyl (C=O) groups excluding carboxylic acids is 1. The van der Waals surface area contributed by atoms with Crippen LogP contribution in [0.3, 0.4) is 0 Å². The second-order valence-corrected chi connectivity index (χ2v) is 8.51. The Morgan fingerprint density at radius 1 is 1.04 bits per heavy atom. The Balaban J connectivity index is 1.43. The predicted octanol–water partition coefficient (Wildman–Crippen LogP) is 1.36. The first kappa shape index (κ1) is 20.0. The summed E-state index contributed by atoms with van der Waals surface area (Å²) in [5, 5.41) is 2.63. The minimum Gasteiger partial charge on any atom is -0.354 e. The molecule has 0 radical (unpaired) electrons. The molecular formula is C20H24N4O3S. The van der Waals surface area contributed by atoms with Crippen LogP contribution in [0.15, 0.2) is 60.8 Å². The monoisotopic (exact) mass is 400 g/mol. The number of sulfonamides is 1. The maximum absolute atomic E-state index is 12.5. The molecule has 1 saturated heterocycles. The highest BCUT2D eigenvalue weighted by atomic mass is 32.2. The van der Waals surface area contributed by atoms with E-state index in [0.717, 1.165) is 11.4 Å². The maximum Gasteiger partial charge on any atom is 0.244 e. The fourth-order valence-corrected chi connectivity index (χ4v) is 4.30. The highest BCUT2D eigenvalue weighted by Crippen LogP contribution is 2.14. The molecule has 2 heterocycles. The van der Waals surface area contributed by atoms with Gasteiger partial charge >= 0.3 is 0 Å². The van der Waals surface area contributed by atoms with E-state index in [9.17, 15) is 13.2 Å². The predicted molar refractivity (Wildman–Crippen MR) is 110 cm³/mol. The van der Waals surface area contributed by atoms with Crippen LogP contribution in [0.5, 0.6) is 0 Å². The van der Waals surface area contributed by atoms with Crippen molar-refractivity contribution in [1.82, 2.24) is 14.6 Å². The van der Waals surface area contributed by atoms with Crippen LogP contribution >= 0.6 is 0 Å². The van der Waals surface area contributed by atoms with Crippen molar-refractivity contribution in [3.8, 4) is 0 Å². The average molecular weight is 401 g/mol. The van der Waals surface area contributed by atoms with E-state index in [4.69, 9.17) is 0 Å². The lowest BCUT2D eigenvalue weighted by Crippen LogP contribution is -2.50. The van der Waals surface area contributed by atoms with Gasteiger partial charge in [-0.05, 0) is 23.8 Å². The smallest absolute Gasteiger partial charge is 0.244 e. The molecule has 1 aromatic carbocycles. The van der Waals surface area contributed by atoms with Crippen molar-refractivity contribution in [3.63, 3.8) is 0 Å². The van der Waals surface area contributed by atoms with Crippen molar-refractivity contribution in [2.24, 2.45) is 0 Å². The molecule has 0 unspecified atom stereocenters. The van der Waals surface area contributed by atoms with E-state index in [1.165, 1.54) is 10.4 Å². The lowest BCUT2D eigenvalue weighted by atomic mass is 10.2. The van der Waals surface area contributed by atoms with Gasteiger partial charge in [0, 0.05) is 45.0 Å². The summed E-state index contributed by atoms with van der Waals surface area (Å²) in [7, 11) is -3.40. The first-order chi connectivity index (χ1) is 13.5. The van der Waals surface area contributed by atoms with Crippen molar-refractivity contribution >= 4 is 27.8 Å². The van der Waals surface area contributed by atoms with Gasteiger partial charge in [-0.15, -0.1) is 0 Å². The maximum atomic E-state index is 12.5. The lowest BCUT2D eigenvalue weighted by Gasteiger charge is -2.34. The second kappa shape index (κ2) is 9.48. The van der Waals surface area contributed by atoms with Gasteiger partial charge in [-0.2, -0.15) is 4.31 Å². The molecule has 1 aliphatic heterocycles. The highest BCUT2D eigenvalue weighted by molar-refractivity contribution is 7.89. The SMILES string of the molecule is O=C(C=Cc1ccccc1)NCCS(=O)(=O)N1CCN(c2ccccn2)CC1. The Kier molecular flexibility index (Phi) is 6.78. The van der Waals surface area contributed by atoms with Gasteiger partial charge < -0.3 is 10.2 Å². The van der Waals surface area contributed by atoms with Crippen LogP contribution in [-0.4, -0.2) is 62.1 Å². The number of nitrogens with one attached hydrogen (secondary N) is 1. The van der Waals surface area contributed by atoms with Crippen molar-refractivity contribution in [2.75, 3.05) is 43.4 Å². The first-order valence-corrected chi connectivity index (χ1v) is 10.8. The summed E-state index contributed by atoms with van der Waals surface area (Å²) < 4.78 is 26.5. The van der Waals surface area contributed by atoms with Crippen LogP contribution in [0.4, 0.5) is 5.82 Å². The first-order valence-electron chi connectivity index (χ1n) is 9.19. The molecule has 2 aromatic rings. The number of rotatable bonds is 7. The quantitative estimate of drug-likeness (QED) is 0.710. The molecule has 1 aliphatic rings. The number of anilines is 1. The number of hydrogen-bond acceptors (Lipinski definition) is 5. The molecule has 1 fully saturated rings. The zero-order valence-corrected chi connectivity index (χ0v) is 16.4. The molecule has 28 heavy (non-hydrogen) atoms. The van der Waals surface area contributed by atoms with E-state index in [0.29, 0.717) is 26.2 Å². The van der Waals surface area contributed by atoms with E-state index in [1.807, 2.05) is 48.5 Å². The number of aromatic nitrogens is 1. The van der Waals surface area contributed by atoms with Crippen LogP contribution in [0.25, 0.3) is 6.08 Å². The summed E-state index contributed by atoms with van der Waals surface area (Å²) >= 11 is 0. The van der Waals surface area contributed by atoms with Gasteiger partial charge in [0.15, 0.2) is 0 Å². The van der Waals surface area contributed by atoms with E-state index >= 15 is 0 Å². The van der Waals surface area contributed by atoms with Gasteiger partial charge in [0.05, 0.1) is 5.75 Å². The van der Waals surface area contributed by atoms with Crippen LogP contribution in [0.1, 0.15) is 5.56 Å². The molecule has 0 atom stereocenters. The van der Waals surface area contributed by atoms with Gasteiger partial charge in [0.25, 0.3) is 0 Å². The zero-order chi connectivity index (χ0) is 19.8. The highest BCUT2D eigenvalue weighted by Gasteiger charge is 2.27. The third-order valence-electron chi connectivity index (χ3n) is 4.49. The Bertz CT molecular complexity index is 894. The number of pyridine rings is 1. The summed E-state index contributed by atoms with van der Waals surface area (Å²) in [4.78, 5) is 18.2. The van der Waals surface area contributed by atoms with Crippen LogP contribution in [-0.2, 0) is 14.8 Å². The summed E-state index contributed by atoms with van der Waals surface area (Å²) in [5.41, 5.74) is 0.913. The lowest BCUT2D eigenvalue weighted by molar-refractivity contribution is -0.116. The number of nitrogens with zero attached hydrogens (tertiary/aromatic N) is 3. The van der Waals surface area contributed by atoms with Gasteiger partial charge in [-0.25, -0.2) is 13.4 Å². The Hall–Kier alpha value is -2.71. The Morgan fingerprint density at radius 3 is 2.43 bits per heavy atom. The molecule has 7 nitrogen and oxygen atoms in total. The van der Waals surface area contributed by atoms with Crippen molar-refractivity contribution < 1.29 is 13.2 Å². The van der Waals surface area contributed by atoms with E-state index in [1.54, 1.807) is 12.3 Å². The van der Waals surface area contributed by atoms with Crippen LogP contribution < -0.4 is 10.2 Å². The number of benzene rings is 1. The summed E-state index contributed by atoms with van der Waals surface area (Å²) in [6.07, 6.45) is 4.83. The third kappa shape index (κ3) is 5.64. The largest absolute Gasteiger partial charge is 0.354 e. The van der Waals surface area contributed by atoms with Crippen LogP contribution in [0, 0.1) is 0 Å². The average Bonchev–Trinajstić information content (AvgIpc) is 2.74. The molecular weight excluding hydrogens is 376 g/mol. The minimum absolute atomic E-state index is 0.0841. The standard InChI is InChI=1S/C20H24N4O3S/c25-20(10-9-18-6-2-1-3-7-18)22-12-17-28(26,27)24-15-13-23(14-16-24)19-8-4-5-11-21-19/h1-11H,12-17H2,(H,22,25). The molecule has 3 rings (SSSR count). The number of carbonyl (C=O) groups is 1.